The van der Waals surface area contributed by atoms with Crippen LogP contribution in [-0.4, -0.2) is 25.3 Å². The molecule has 0 bridgehead atoms. The molecule has 1 amide bonds. The molecule has 25 heavy (non-hydrogen) atoms. The van der Waals surface area contributed by atoms with Gasteiger partial charge in [-0.15, -0.1) is 0 Å². The Labute approximate surface area is 160 Å². The largest absolute Gasteiger partial charge is 0.493 e. The van der Waals surface area contributed by atoms with Gasteiger partial charge in [0.15, 0.2) is 11.5 Å². The van der Waals surface area contributed by atoms with Crippen molar-refractivity contribution in [3.63, 3.8) is 0 Å². The van der Waals surface area contributed by atoms with Crippen LogP contribution in [0.5, 0.6) is 11.5 Å². The second-order valence-electron chi connectivity index (χ2n) is 5.38. The summed E-state index contributed by atoms with van der Waals surface area (Å²) in [7, 11) is 1.54. The van der Waals surface area contributed by atoms with Crippen LogP contribution < -0.4 is 14.9 Å². The summed E-state index contributed by atoms with van der Waals surface area (Å²) in [6.07, 6.45) is 1.46. The maximum atomic E-state index is 12.1. The Bertz CT molecular complexity index is 794. The Hall–Kier alpha value is -2.05. The standard InChI is InChI=1S/C18H18BrClN2O3/c1-11(2)25-17-15(20)8-12(9-16(17)24-3)10-21-22-18(23)13-6-4-5-7-14(13)19/h4-11H,1-3H3,(H,22,23)/b21-10-. The molecule has 0 fully saturated rings. The van der Waals surface area contributed by atoms with E-state index < -0.39 is 0 Å². The summed E-state index contributed by atoms with van der Waals surface area (Å²) in [5, 5.41) is 4.37. The zero-order valence-electron chi connectivity index (χ0n) is 14.0. The molecule has 0 aromatic heterocycles. The SMILES string of the molecule is COc1cc(/C=N\NC(=O)c2ccccc2Br)cc(Cl)c1OC(C)C. The van der Waals surface area contributed by atoms with Crippen LogP contribution in [0.2, 0.25) is 5.02 Å². The molecule has 2 aromatic carbocycles. The molecule has 0 heterocycles. The zero-order chi connectivity index (χ0) is 18.4. The lowest BCUT2D eigenvalue weighted by Crippen LogP contribution is -2.18. The number of carbonyl (C=O) groups excluding carboxylic acids is 1. The monoisotopic (exact) mass is 424 g/mol. The van der Waals surface area contributed by atoms with E-state index >= 15 is 0 Å². The third-order valence-corrected chi connectivity index (χ3v) is 4.08. The van der Waals surface area contributed by atoms with Gasteiger partial charge in [0.2, 0.25) is 0 Å². The maximum absolute atomic E-state index is 12.1. The maximum Gasteiger partial charge on any atom is 0.272 e. The third-order valence-electron chi connectivity index (χ3n) is 3.10. The molecule has 0 aliphatic heterocycles. The molecule has 0 spiro atoms. The van der Waals surface area contributed by atoms with E-state index in [4.69, 9.17) is 21.1 Å². The minimum Gasteiger partial charge on any atom is -0.493 e. The third kappa shape index (κ3) is 5.21. The van der Waals surface area contributed by atoms with Crippen LogP contribution in [0.15, 0.2) is 46.0 Å². The molecule has 0 atom stereocenters. The Morgan fingerprint density at radius 3 is 2.68 bits per heavy atom. The van der Waals surface area contributed by atoms with E-state index in [-0.39, 0.29) is 12.0 Å². The van der Waals surface area contributed by atoms with E-state index in [9.17, 15) is 4.79 Å². The topological polar surface area (TPSA) is 59.9 Å². The summed E-state index contributed by atoms with van der Waals surface area (Å²) in [6.45, 7) is 3.81. The fourth-order valence-corrected chi connectivity index (χ4v) is 2.76. The first-order valence-electron chi connectivity index (χ1n) is 7.54. The number of hydrogen-bond donors (Lipinski definition) is 1. The molecule has 2 aromatic rings. The minimum absolute atomic E-state index is 0.0328. The summed E-state index contributed by atoms with van der Waals surface area (Å²) in [4.78, 5) is 12.1. The van der Waals surface area contributed by atoms with Crippen molar-refractivity contribution in [3.05, 3.63) is 57.0 Å². The van der Waals surface area contributed by atoms with Gasteiger partial charge >= 0.3 is 0 Å². The second-order valence-corrected chi connectivity index (χ2v) is 6.64. The first-order chi connectivity index (χ1) is 11.9. The lowest BCUT2D eigenvalue weighted by molar-refractivity contribution is 0.0954. The van der Waals surface area contributed by atoms with Gasteiger partial charge < -0.3 is 9.47 Å². The minimum atomic E-state index is -0.318. The second kappa shape index (κ2) is 8.87. The lowest BCUT2D eigenvalue weighted by atomic mass is 10.2. The molecule has 0 saturated heterocycles. The molecule has 0 saturated carbocycles. The molecular weight excluding hydrogens is 408 g/mol. The lowest BCUT2D eigenvalue weighted by Gasteiger charge is -2.15. The van der Waals surface area contributed by atoms with E-state index in [1.54, 1.807) is 30.3 Å². The summed E-state index contributed by atoms with van der Waals surface area (Å²) in [5.74, 6) is 0.662. The van der Waals surface area contributed by atoms with Crippen LogP contribution in [0.25, 0.3) is 0 Å². The van der Waals surface area contributed by atoms with Gasteiger partial charge in [-0.3, -0.25) is 4.79 Å². The molecule has 2 rings (SSSR count). The number of rotatable bonds is 6. The Morgan fingerprint density at radius 1 is 1.32 bits per heavy atom. The Kier molecular flexibility index (Phi) is 6.84. The first kappa shape index (κ1) is 19.3. The highest BCUT2D eigenvalue weighted by Gasteiger charge is 2.13. The van der Waals surface area contributed by atoms with E-state index in [0.717, 1.165) is 0 Å². The fourth-order valence-electron chi connectivity index (χ4n) is 2.04. The van der Waals surface area contributed by atoms with Crippen molar-refractivity contribution in [2.24, 2.45) is 5.10 Å². The van der Waals surface area contributed by atoms with Gasteiger partial charge in [0.25, 0.3) is 5.91 Å². The van der Waals surface area contributed by atoms with E-state index in [0.29, 0.717) is 32.1 Å². The molecule has 0 aliphatic carbocycles. The average molecular weight is 426 g/mol. The van der Waals surface area contributed by atoms with Gasteiger partial charge in [-0.25, -0.2) is 5.43 Å². The van der Waals surface area contributed by atoms with Crippen LogP contribution in [-0.2, 0) is 0 Å². The van der Waals surface area contributed by atoms with E-state index in [1.165, 1.54) is 13.3 Å². The van der Waals surface area contributed by atoms with Crippen LogP contribution in [0.1, 0.15) is 29.8 Å². The van der Waals surface area contributed by atoms with E-state index in [2.05, 4.69) is 26.5 Å². The molecule has 132 valence electrons. The number of methoxy groups -OCH3 is 1. The Morgan fingerprint density at radius 2 is 2.04 bits per heavy atom. The van der Waals surface area contributed by atoms with Gasteiger partial charge in [0, 0.05) is 4.47 Å². The van der Waals surface area contributed by atoms with Crippen LogP contribution >= 0.6 is 27.5 Å². The summed E-state index contributed by atoms with van der Waals surface area (Å²) < 4.78 is 11.7. The smallest absolute Gasteiger partial charge is 0.272 e. The number of amides is 1. The highest BCUT2D eigenvalue weighted by Crippen LogP contribution is 2.36. The summed E-state index contributed by atoms with van der Waals surface area (Å²) >= 11 is 9.58. The van der Waals surface area contributed by atoms with Crippen LogP contribution in [0.4, 0.5) is 0 Å². The normalized spacial score (nSPS) is 11.0. The molecule has 0 unspecified atom stereocenters. The fraction of sp³-hybridized carbons (Fsp3) is 0.222. The molecule has 5 nitrogen and oxygen atoms in total. The number of halogens is 2. The number of hydrazone groups is 1. The summed E-state index contributed by atoms with van der Waals surface area (Å²) in [5.41, 5.74) is 3.65. The van der Waals surface area contributed by atoms with Gasteiger partial charge in [-0.2, -0.15) is 5.10 Å². The van der Waals surface area contributed by atoms with Gasteiger partial charge in [0.05, 0.1) is 30.0 Å². The average Bonchev–Trinajstić information content (AvgIpc) is 2.57. The highest BCUT2D eigenvalue weighted by atomic mass is 79.9. The molecule has 0 radical (unpaired) electrons. The number of nitrogens with one attached hydrogen (secondary N) is 1. The number of nitrogens with zero attached hydrogens (tertiary/aromatic N) is 1. The quantitative estimate of drug-likeness (QED) is 0.541. The van der Waals surface area contributed by atoms with Crippen molar-refractivity contribution >= 4 is 39.7 Å². The van der Waals surface area contributed by atoms with Crippen molar-refractivity contribution in [1.82, 2.24) is 5.43 Å². The van der Waals surface area contributed by atoms with Crippen molar-refractivity contribution in [1.29, 1.82) is 0 Å². The molecule has 1 N–H and O–H groups in total. The summed E-state index contributed by atoms with van der Waals surface area (Å²) in [6, 6.07) is 10.5. The number of hydrogen-bond acceptors (Lipinski definition) is 4. The Balaban J connectivity index is 2.14. The number of ether oxygens (including phenoxy) is 2. The number of benzene rings is 2. The van der Waals surface area contributed by atoms with Gasteiger partial charge in [-0.05, 0) is 59.6 Å². The first-order valence-corrected chi connectivity index (χ1v) is 8.71. The highest BCUT2D eigenvalue weighted by molar-refractivity contribution is 9.10. The van der Waals surface area contributed by atoms with Crippen LogP contribution in [0, 0.1) is 0 Å². The van der Waals surface area contributed by atoms with Gasteiger partial charge in [0.1, 0.15) is 0 Å². The van der Waals surface area contributed by atoms with Crippen molar-refractivity contribution in [2.75, 3.05) is 7.11 Å². The predicted octanol–water partition coefficient (Wildman–Crippen LogP) is 4.66. The van der Waals surface area contributed by atoms with Gasteiger partial charge in [-0.1, -0.05) is 23.7 Å². The van der Waals surface area contributed by atoms with E-state index in [1.807, 2.05) is 19.9 Å². The zero-order valence-corrected chi connectivity index (χ0v) is 16.4. The predicted molar refractivity (Wildman–Crippen MR) is 103 cm³/mol. The molecular formula is C18H18BrClN2O3. The van der Waals surface area contributed by atoms with Crippen LogP contribution in [0.3, 0.4) is 0 Å². The molecule has 0 aliphatic rings. The van der Waals surface area contributed by atoms with Crippen molar-refractivity contribution < 1.29 is 14.3 Å². The van der Waals surface area contributed by atoms with Crippen molar-refractivity contribution in [2.45, 2.75) is 20.0 Å². The van der Waals surface area contributed by atoms with Crippen molar-refractivity contribution in [3.8, 4) is 11.5 Å². The number of carbonyl (C=O) groups is 1. The molecule has 7 heteroatoms.